The van der Waals surface area contributed by atoms with Gasteiger partial charge in [0.2, 0.25) is 0 Å². The molecule has 126 valence electrons. The molecule has 24 heavy (non-hydrogen) atoms. The average molecular weight is 325 g/mol. The average Bonchev–Trinajstić information content (AvgIpc) is 2.53. The first-order chi connectivity index (χ1) is 11.6. The van der Waals surface area contributed by atoms with Crippen LogP contribution in [0.1, 0.15) is 18.4 Å². The first-order valence-corrected chi connectivity index (χ1v) is 8.48. The van der Waals surface area contributed by atoms with Gasteiger partial charge in [-0.2, -0.15) is 4.98 Å². The lowest BCUT2D eigenvalue weighted by Crippen LogP contribution is -2.69. The van der Waals surface area contributed by atoms with Gasteiger partial charge in [0, 0.05) is 37.3 Å². The first-order valence-electron chi connectivity index (χ1n) is 8.48. The minimum atomic E-state index is -0.356. The molecule has 1 spiro atoms. The number of anilines is 1. The molecule has 4 N–H and O–H groups in total. The van der Waals surface area contributed by atoms with Crippen LogP contribution in [0, 0.1) is 5.41 Å². The fraction of sp³-hybridized carbons (Fsp3) is 0.444. The van der Waals surface area contributed by atoms with Crippen molar-refractivity contribution in [2.24, 2.45) is 11.1 Å². The van der Waals surface area contributed by atoms with Gasteiger partial charge >= 0.3 is 5.69 Å². The second-order valence-corrected chi connectivity index (χ2v) is 7.14. The summed E-state index contributed by atoms with van der Waals surface area (Å²) in [7, 11) is 0. The van der Waals surface area contributed by atoms with Crippen LogP contribution in [0.2, 0.25) is 0 Å². The highest BCUT2D eigenvalue weighted by molar-refractivity contribution is 5.36. The Morgan fingerprint density at radius 1 is 1.21 bits per heavy atom. The smallest absolute Gasteiger partial charge is 0.354 e. The van der Waals surface area contributed by atoms with Crippen LogP contribution < -0.4 is 17.2 Å². The van der Waals surface area contributed by atoms with Crippen molar-refractivity contribution in [3.8, 4) is 5.69 Å². The number of hydrogen-bond acceptors (Lipinski definition) is 5. The van der Waals surface area contributed by atoms with Gasteiger partial charge in [0.15, 0.2) is 0 Å². The van der Waals surface area contributed by atoms with Crippen LogP contribution in [0.5, 0.6) is 0 Å². The third-order valence-corrected chi connectivity index (χ3v) is 5.57. The van der Waals surface area contributed by atoms with Crippen LogP contribution in [-0.4, -0.2) is 40.1 Å². The molecular weight excluding hydrogens is 302 g/mol. The number of rotatable bonds is 4. The molecule has 2 heterocycles. The molecule has 1 aromatic heterocycles. The second kappa shape index (κ2) is 5.72. The van der Waals surface area contributed by atoms with E-state index >= 15 is 0 Å². The molecule has 1 atom stereocenters. The molecule has 6 nitrogen and oxygen atoms in total. The van der Waals surface area contributed by atoms with Gasteiger partial charge in [-0.1, -0.05) is 12.1 Å². The van der Waals surface area contributed by atoms with Crippen LogP contribution in [0.25, 0.3) is 5.69 Å². The summed E-state index contributed by atoms with van der Waals surface area (Å²) in [5.74, 6) is 0.242. The zero-order valence-corrected chi connectivity index (χ0v) is 13.7. The quantitative estimate of drug-likeness (QED) is 0.867. The summed E-state index contributed by atoms with van der Waals surface area (Å²) in [5, 5.41) is 0. The number of likely N-dealkylation sites (tertiary alicyclic amines) is 1. The Morgan fingerprint density at radius 2 is 1.96 bits per heavy atom. The molecular formula is C18H23N5O. The fourth-order valence-electron chi connectivity index (χ4n) is 3.84. The number of benzene rings is 1. The molecule has 2 fully saturated rings. The molecule has 0 radical (unpaired) electrons. The van der Waals surface area contributed by atoms with E-state index in [1.165, 1.54) is 23.0 Å². The summed E-state index contributed by atoms with van der Waals surface area (Å²) in [6.45, 7) is 3.37. The van der Waals surface area contributed by atoms with Gasteiger partial charge in [-0.15, -0.1) is 0 Å². The molecule has 2 aliphatic rings. The number of nitrogens with zero attached hydrogens (tertiary/aromatic N) is 3. The predicted octanol–water partition coefficient (Wildman–Crippen LogP) is 0.780. The van der Waals surface area contributed by atoms with Crippen LogP contribution in [0.4, 0.5) is 5.82 Å². The summed E-state index contributed by atoms with van der Waals surface area (Å²) >= 11 is 0. The molecule has 4 rings (SSSR count). The minimum absolute atomic E-state index is 0.242. The summed E-state index contributed by atoms with van der Waals surface area (Å²) in [6, 6.07) is 10.1. The van der Waals surface area contributed by atoms with E-state index in [0.717, 1.165) is 31.7 Å². The zero-order chi connectivity index (χ0) is 16.7. The van der Waals surface area contributed by atoms with E-state index in [-0.39, 0.29) is 11.5 Å². The Kier molecular flexibility index (Phi) is 3.66. The lowest BCUT2D eigenvalue weighted by atomic mass is 9.60. The van der Waals surface area contributed by atoms with Gasteiger partial charge in [0.25, 0.3) is 0 Å². The molecule has 0 amide bonds. The van der Waals surface area contributed by atoms with Gasteiger partial charge in [0.05, 0.1) is 5.69 Å². The van der Waals surface area contributed by atoms with Gasteiger partial charge in [0.1, 0.15) is 5.82 Å². The summed E-state index contributed by atoms with van der Waals surface area (Å²) in [6.07, 6.45) is 5.15. The Bertz CT molecular complexity index is 792. The van der Waals surface area contributed by atoms with E-state index in [1.807, 2.05) is 12.1 Å². The lowest BCUT2D eigenvalue weighted by Gasteiger charge is -2.59. The third-order valence-electron chi connectivity index (χ3n) is 5.57. The predicted molar refractivity (Wildman–Crippen MR) is 94.0 cm³/mol. The maximum atomic E-state index is 11.9. The summed E-state index contributed by atoms with van der Waals surface area (Å²) in [4.78, 5) is 18.1. The highest BCUT2D eigenvalue weighted by Crippen LogP contribution is 2.47. The summed E-state index contributed by atoms with van der Waals surface area (Å²) < 4.78 is 1.50. The van der Waals surface area contributed by atoms with Crippen molar-refractivity contribution < 1.29 is 0 Å². The molecule has 1 unspecified atom stereocenters. The second-order valence-electron chi connectivity index (χ2n) is 7.14. The SMILES string of the molecule is Nc1ccn(-c2ccc(CCN3CC4(CCC4N)C3)cc2)c(=O)n1. The molecule has 1 aliphatic carbocycles. The fourth-order valence-corrected chi connectivity index (χ4v) is 3.84. The van der Waals surface area contributed by atoms with E-state index in [2.05, 4.69) is 22.0 Å². The third kappa shape index (κ3) is 2.61. The molecule has 1 saturated carbocycles. The van der Waals surface area contributed by atoms with Gasteiger partial charge in [-0.25, -0.2) is 4.79 Å². The van der Waals surface area contributed by atoms with Crippen molar-refractivity contribution in [3.63, 3.8) is 0 Å². The molecule has 6 heteroatoms. The van der Waals surface area contributed by atoms with Crippen molar-refractivity contribution in [1.29, 1.82) is 0 Å². The van der Waals surface area contributed by atoms with Gasteiger partial charge in [-0.05, 0) is 43.0 Å². The van der Waals surface area contributed by atoms with E-state index in [9.17, 15) is 4.79 Å². The Balaban J connectivity index is 1.35. The van der Waals surface area contributed by atoms with Crippen LogP contribution in [0.3, 0.4) is 0 Å². The normalized spacial score (nSPS) is 22.1. The standard InChI is InChI=1S/C18H23N5O/c19-15-5-8-18(15)11-22(12-18)9-6-13-1-3-14(4-2-13)23-10-7-16(20)21-17(23)24/h1-4,7,10,15H,5-6,8-9,11-12,19H2,(H2,20,21,24). The largest absolute Gasteiger partial charge is 0.383 e. The zero-order valence-electron chi connectivity index (χ0n) is 13.7. The Morgan fingerprint density at radius 3 is 2.54 bits per heavy atom. The van der Waals surface area contributed by atoms with Crippen molar-refractivity contribution in [3.05, 3.63) is 52.6 Å². The molecule has 2 aromatic rings. The topological polar surface area (TPSA) is 90.2 Å². The van der Waals surface area contributed by atoms with Crippen molar-refractivity contribution in [2.75, 3.05) is 25.4 Å². The summed E-state index contributed by atoms with van der Waals surface area (Å²) in [5.41, 5.74) is 13.8. The number of nitrogen functional groups attached to an aromatic ring is 1. The van der Waals surface area contributed by atoms with E-state index < -0.39 is 0 Å². The van der Waals surface area contributed by atoms with Crippen molar-refractivity contribution >= 4 is 5.82 Å². The Hall–Kier alpha value is -2.18. The van der Waals surface area contributed by atoms with E-state index in [4.69, 9.17) is 11.5 Å². The maximum absolute atomic E-state index is 11.9. The number of aromatic nitrogens is 2. The van der Waals surface area contributed by atoms with E-state index in [1.54, 1.807) is 12.3 Å². The highest BCUT2D eigenvalue weighted by atomic mass is 16.1. The van der Waals surface area contributed by atoms with E-state index in [0.29, 0.717) is 11.5 Å². The van der Waals surface area contributed by atoms with Gasteiger partial charge < -0.3 is 16.4 Å². The molecule has 1 saturated heterocycles. The van der Waals surface area contributed by atoms with Gasteiger partial charge in [-0.3, -0.25) is 4.57 Å². The van der Waals surface area contributed by atoms with Crippen LogP contribution in [0.15, 0.2) is 41.3 Å². The molecule has 1 aliphatic heterocycles. The van der Waals surface area contributed by atoms with Crippen LogP contribution >= 0.6 is 0 Å². The number of nitrogens with two attached hydrogens (primary N) is 2. The lowest BCUT2D eigenvalue weighted by molar-refractivity contribution is -0.0767. The maximum Gasteiger partial charge on any atom is 0.354 e. The molecule has 0 bridgehead atoms. The van der Waals surface area contributed by atoms with Crippen LogP contribution in [-0.2, 0) is 6.42 Å². The monoisotopic (exact) mass is 325 g/mol. The van der Waals surface area contributed by atoms with Crippen molar-refractivity contribution in [1.82, 2.24) is 14.5 Å². The highest BCUT2D eigenvalue weighted by Gasteiger charge is 2.52. The first kappa shape index (κ1) is 15.4. The molecule has 1 aromatic carbocycles. The minimum Gasteiger partial charge on any atom is -0.383 e. The number of hydrogen-bond donors (Lipinski definition) is 2. The Labute approximate surface area is 141 Å². The van der Waals surface area contributed by atoms with Crippen molar-refractivity contribution in [2.45, 2.75) is 25.3 Å².